The molecule has 0 fully saturated rings. The van der Waals surface area contributed by atoms with E-state index in [4.69, 9.17) is 20.6 Å². The molecule has 2 heterocycles. The molecule has 3 aromatic carbocycles. The highest BCUT2D eigenvalue weighted by atomic mass is 16.5. The van der Waals surface area contributed by atoms with E-state index in [2.05, 4.69) is 10.3 Å². The number of hydrogen-bond donors (Lipinski definition) is 3. The number of ether oxygens (including phenoxy) is 1. The number of anilines is 1. The van der Waals surface area contributed by atoms with Crippen molar-refractivity contribution < 1.29 is 19.4 Å². The number of carboxylic acids is 1. The number of carbonyl (C=O) groups is 2. The number of hydrogen-bond acceptors (Lipinski definition) is 6. The molecule has 0 atom stereocenters. The molecule has 0 aliphatic rings. The third kappa shape index (κ3) is 4.64. The molecule has 0 radical (unpaired) electrons. The van der Waals surface area contributed by atoms with Crippen LogP contribution in [0.15, 0.2) is 79.0 Å². The maximum absolute atomic E-state index is 12.7. The van der Waals surface area contributed by atoms with Gasteiger partial charge in [0.05, 0.1) is 29.3 Å². The van der Waals surface area contributed by atoms with Crippen molar-refractivity contribution in [3.05, 3.63) is 101 Å². The molecule has 9 nitrogen and oxygen atoms in total. The number of pyridine rings is 1. The lowest BCUT2D eigenvalue weighted by molar-refractivity contribution is 0.0696. The first-order valence-corrected chi connectivity index (χ1v) is 11.8. The first-order chi connectivity index (χ1) is 18.4. The normalized spacial score (nSPS) is 10.9. The van der Waals surface area contributed by atoms with E-state index < -0.39 is 5.97 Å². The SMILES string of the molecule is COc1ccc2nc(-c3cccnc3N)n(-c3ccc(CNC(=O)c4ccc(C(=O)O)cc4C)cc3)c2c1. The summed E-state index contributed by atoms with van der Waals surface area (Å²) in [7, 11) is 1.62. The topological polar surface area (TPSA) is 132 Å². The van der Waals surface area contributed by atoms with Crippen molar-refractivity contribution in [1.29, 1.82) is 0 Å². The van der Waals surface area contributed by atoms with E-state index in [9.17, 15) is 9.59 Å². The highest BCUT2D eigenvalue weighted by Gasteiger charge is 2.18. The molecule has 1 amide bonds. The Hall–Kier alpha value is -5.18. The number of aryl methyl sites for hydroxylation is 1. The molecule has 5 aromatic rings. The van der Waals surface area contributed by atoms with Crippen LogP contribution in [0.4, 0.5) is 5.82 Å². The number of carboxylic acid groups (broad SMARTS) is 1. The zero-order valence-electron chi connectivity index (χ0n) is 20.8. The fourth-order valence-corrected chi connectivity index (χ4v) is 4.32. The predicted molar refractivity (Wildman–Crippen MR) is 145 cm³/mol. The standard InChI is InChI=1S/C29H25N5O4/c1-17-14-19(29(36)37)7-11-22(17)28(35)32-16-18-5-8-20(9-6-18)34-25-15-21(38-2)10-12-24(25)33-27(34)23-4-3-13-31-26(23)30/h3-15H,16H2,1-2H3,(H2,30,31)(H,32,35)(H,36,37). The largest absolute Gasteiger partial charge is 0.497 e. The molecule has 4 N–H and O–H groups in total. The minimum atomic E-state index is -1.03. The summed E-state index contributed by atoms with van der Waals surface area (Å²) in [4.78, 5) is 32.9. The summed E-state index contributed by atoms with van der Waals surface area (Å²) < 4.78 is 7.44. The van der Waals surface area contributed by atoms with Gasteiger partial charge in [-0.2, -0.15) is 0 Å². The number of methoxy groups -OCH3 is 1. The summed E-state index contributed by atoms with van der Waals surface area (Å²) >= 11 is 0. The Morgan fingerprint density at radius 1 is 1.05 bits per heavy atom. The van der Waals surface area contributed by atoms with Gasteiger partial charge >= 0.3 is 5.97 Å². The number of nitrogens with zero attached hydrogens (tertiary/aromatic N) is 3. The van der Waals surface area contributed by atoms with Gasteiger partial charge in [-0.05, 0) is 72.6 Å². The third-order valence-corrected chi connectivity index (χ3v) is 6.31. The number of rotatable bonds is 7. The molecule has 0 saturated heterocycles. The van der Waals surface area contributed by atoms with Crippen LogP contribution in [0.1, 0.15) is 31.8 Å². The predicted octanol–water partition coefficient (Wildman–Crippen LogP) is 4.61. The number of nitrogen functional groups attached to an aromatic ring is 1. The molecular weight excluding hydrogens is 482 g/mol. The Bertz CT molecular complexity index is 1680. The van der Waals surface area contributed by atoms with Gasteiger partial charge < -0.3 is 20.9 Å². The second-order valence-electron chi connectivity index (χ2n) is 8.75. The van der Waals surface area contributed by atoms with Crippen molar-refractivity contribution in [3.8, 4) is 22.8 Å². The molecule has 0 saturated carbocycles. The van der Waals surface area contributed by atoms with Gasteiger partial charge in [-0.25, -0.2) is 14.8 Å². The molecule has 38 heavy (non-hydrogen) atoms. The molecule has 5 rings (SSSR count). The van der Waals surface area contributed by atoms with Crippen LogP contribution >= 0.6 is 0 Å². The van der Waals surface area contributed by atoms with Crippen LogP contribution in [0.5, 0.6) is 5.75 Å². The maximum atomic E-state index is 12.7. The lowest BCUT2D eigenvalue weighted by Gasteiger charge is -2.12. The van der Waals surface area contributed by atoms with E-state index in [-0.39, 0.29) is 11.5 Å². The Morgan fingerprint density at radius 3 is 2.53 bits per heavy atom. The molecule has 190 valence electrons. The fourth-order valence-electron chi connectivity index (χ4n) is 4.32. The van der Waals surface area contributed by atoms with Crippen LogP contribution in [0, 0.1) is 6.92 Å². The number of imidazole rings is 1. The van der Waals surface area contributed by atoms with Crippen LogP contribution in [-0.2, 0) is 6.54 Å². The zero-order chi connectivity index (χ0) is 26.8. The quantitative estimate of drug-likeness (QED) is 0.293. The van der Waals surface area contributed by atoms with Crippen molar-refractivity contribution in [2.45, 2.75) is 13.5 Å². The van der Waals surface area contributed by atoms with Crippen molar-refractivity contribution >= 4 is 28.7 Å². The Kier molecular flexibility index (Phi) is 6.49. The lowest BCUT2D eigenvalue weighted by Crippen LogP contribution is -2.23. The number of nitrogens with one attached hydrogen (secondary N) is 1. The van der Waals surface area contributed by atoms with Gasteiger partial charge in [0, 0.05) is 30.1 Å². The zero-order valence-corrected chi connectivity index (χ0v) is 20.8. The van der Waals surface area contributed by atoms with Crippen molar-refractivity contribution in [2.75, 3.05) is 12.8 Å². The van der Waals surface area contributed by atoms with Gasteiger partial charge in [-0.15, -0.1) is 0 Å². The highest BCUT2D eigenvalue weighted by Crippen LogP contribution is 2.32. The van der Waals surface area contributed by atoms with Crippen LogP contribution in [-0.4, -0.2) is 38.6 Å². The van der Waals surface area contributed by atoms with Gasteiger partial charge in [0.25, 0.3) is 5.91 Å². The first kappa shape index (κ1) is 24.5. The van der Waals surface area contributed by atoms with Crippen molar-refractivity contribution in [1.82, 2.24) is 19.9 Å². The van der Waals surface area contributed by atoms with Gasteiger partial charge in [0.15, 0.2) is 0 Å². The molecule has 2 aromatic heterocycles. The smallest absolute Gasteiger partial charge is 0.335 e. The highest BCUT2D eigenvalue weighted by molar-refractivity contribution is 5.97. The van der Waals surface area contributed by atoms with E-state index in [1.165, 1.54) is 18.2 Å². The summed E-state index contributed by atoms with van der Waals surface area (Å²) in [5, 5.41) is 12.0. The Balaban J connectivity index is 1.44. The fraction of sp³-hybridized carbons (Fsp3) is 0.103. The van der Waals surface area contributed by atoms with E-state index >= 15 is 0 Å². The third-order valence-electron chi connectivity index (χ3n) is 6.31. The molecule has 0 aliphatic heterocycles. The molecule has 0 spiro atoms. The lowest BCUT2D eigenvalue weighted by atomic mass is 10.0. The first-order valence-electron chi connectivity index (χ1n) is 11.8. The number of carbonyl (C=O) groups excluding carboxylic acids is 1. The van der Waals surface area contributed by atoms with E-state index in [0.29, 0.717) is 40.6 Å². The summed E-state index contributed by atoms with van der Waals surface area (Å²) in [5.41, 5.74) is 11.5. The second kappa shape index (κ2) is 10.1. The van der Waals surface area contributed by atoms with E-state index in [1.807, 2.05) is 59.2 Å². The minimum Gasteiger partial charge on any atom is -0.497 e. The number of nitrogens with two attached hydrogens (primary N) is 1. The monoisotopic (exact) mass is 507 g/mol. The Morgan fingerprint density at radius 2 is 1.84 bits per heavy atom. The molecular formula is C29H25N5O4. The van der Waals surface area contributed by atoms with Crippen LogP contribution in [0.3, 0.4) is 0 Å². The van der Waals surface area contributed by atoms with Gasteiger partial charge in [-0.3, -0.25) is 9.36 Å². The van der Waals surface area contributed by atoms with Gasteiger partial charge in [0.1, 0.15) is 17.4 Å². The number of amides is 1. The average molecular weight is 508 g/mol. The van der Waals surface area contributed by atoms with E-state index in [1.54, 1.807) is 20.2 Å². The summed E-state index contributed by atoms with van der Waals surface area (Å²) in [6, 6.07) is 21.6. The number of benzene rings is 3. The molecule has 0 unspecified atom stereocenters. The van der Waals surface area contributed by atoms with Crippen LogP contribution < -0.4 is 15.8 Å². The van der Waals surface area contributed by atoms with Crippen molar-refractivity contribution in [3.63, 3.8) is 0 Å². The second-order valence-corrected chi connectivity index (χ2v) is 8.75. The van der Waals surface area contributed by atoms with Crippen LogP contribution in [0.2, 0.25) is 0 Å². The van der Waals surface area contributed by atoms with Gasteiger partial charge in [0.2, 0.25) is 0 Å². The molecule has 0 aliphatic carbocycles. The number of aromatic carboxylic acids is 1. The average Bonchev–Trinajstić information content (AvgIpc) is 3.30. The summed E-state index contributed by atoms with van der Waals surface area (Å²) in [6.45, 7) is 2.02. The molecule has 0 bridgehead atoms. The van der Waals surface area contributed by atoms with E-state index in [0.717, 1.165) is 22.3 Å². The molecule has 9 heteroatoms. The number of aromatic nitrogens is 3. The van der Waals surface area contributed by atoms with Gasteiger partial charge in [-0.1, -0.05) is 12.1 Å². The summed E-state index contributed by atoms with van der Waals surface area (Å²) in [6.07, 6.45) is 1.64. The van der Waals surface area contributed by atoms with Crippen LogP contribution in [0.25, 0.3) is 28.1 Å². The number of fused-ring (bicyclic) bond motifs is 1. The maximum Gasteiger partial charge on any atom is 0.335 e. The summed E-state index contributed by atoms with van der Waals surface area (Å²) in [5.74, 6) is 0.432. The Labute approximate surface area is 218 Å². The van der Waals surface area contributed by atoms with Crippen molar-refractivity contribution in [2.24, 2.45) is 0 Å². The minimum absolute atomic E-state index is 0.145.